The number of anilines is 1. The molecule has 0 aliphatic carbocycles. The van der Waals surface area contributed by atoms with E-state index in [0.717, 1.165) is 30.8 Å². The zero-order chi connectivity index (χ0) is 17.1. The van der Waals surface area contributed by atoms with Crippen LogP contribution in [0.3, 0.4) is 0 Å². The molecule has 0 radical (unpaired) electrons. The quantitative estimate of drug-likeness (QED) is 0.929. The van der Waals surface area contributed by atoms with Crippen LogP contribution in [0.4, 0.5) is 10.5 Å². The molecule has 7 nitrogen and oxygen atoms in total. The zero-order valence-electron chi connectivity index (χ0n) is 14.2. The summed E-state index contributed by atoms with van der Waals surface area (Å²) in [6.45, 7) is 3.98. The van der Waals surface area contributed by atoms with E-state index in [1.807, 2.05) is 29.2 Å². The van der Waals surface area contributed by atoms with Crippen LogP contribution in [0.25, 0.3) is 11.5 Å². The molecule has 1 N–H and O–H groups in total. The molecule has 4 rings (SSSR count). The zero-order valence-corrected chi connectivity index (χ0v) is 14.2. The second-order valence-electron chi connectivity index (χ2n) is 6.74. The minimum Gasteiger partial charge on any atom is -0.423 e. The Morgan fingerprint density at radius 3 is 2.88 bits per heavy atom. The first-order valence-corrected chi connectivity index (χ1v) is 8.96. The molecule has 2 aliphatic heterocycles. The van der Waals surface area contributed by atoms with E-state index in [9.17, 15) is 4.79 Å². The predicted molar refractivity (Wildman–Crippen MR) is 94.2 cm³/mol. The van der Waals surface area contributed by atoms with Crippen molar-refractivity contribution in [1.29, 1.82) is 0 Å². The van der Waals surface area contributed by atoms with Crippen molar-refractivity contribution in [2.24, 2.45) is 0 Å². The van der Waals surface area contributed by atoms with Crippen molar-refractivity contribution < 1.29 is 9.21 Å². The Labute approximate surface area is 147 Å². The van der Waals surface area contributed by atoms with Crippen LogP contribution in [0.15, 0.2) is 35.1 Å². The standard InChI is InChI=1S/C18H23N5O2/c24-18(23-10-4-7-16(12-23)22-8-1-2-9-22)20-15-6-3-5-14(11-15)17-21-19-13-25-17/h3,5-6,11,13,16H,1-2,4,7-10,12H2,(H,20,24)/t16-/m0/s1. The molecule has 2 aliphatic rings. The van der Waals surface area contributed by atoms with Gasteiger partial charge in [-0.1, -0.05) is 6.07 Å². The number of hydrogen-bond donors (Lipinski definition) is 1. The average molecular weight is 341 g/mol. The predicted octanol–water partition coefficient (Wildman–Crippen LogP) is 2.83. The second kappa shape index (κ2) is 7.23. The van der Waals surface area contributed by atoms with Crippen LogP contribution in [-0.2, 0) is 0 Å². The van der Waals surface area contributed by atoms with Gasteiger partial charge in [-0.25, -0.2) is 4.79 Å². The SMILES string of the molecule is O=C(Nc1cccc(-c2nnco2)c1)N1CCC[C@H](N2CCCC2)C1. The lowest BCUT2D eigenvalue weighted by Gasteiger charge is -2.37. The van der Waals surface area contributed by atoms with Crippen molar-refractivity contribution in [3.8, 4) is 11.5 Å². The minimum absolute atomic E-state index is 0.0356. The Morgan fingerprint density at radius 1 is 1.20 bits per heavy atom. The molecule has 0 saturated carbocycles. The number of benzene rings is 1. The normalized spacial score (nSPS) is 21.4. The fraction of sp³-hybridized carbons (Fsp3) is 0.500. The molecule has 2 amide bonds. The number of piperidine rings is 1. The maximum atomic E-state index is 12.7. The van der Waals surface area contributed by atoms with Crippen molar-refractivity contribution in [3.63, 3.8) is 0 Å². The average Bonchev–Trinajstić information content (AvgIpc) is 3.36. The number of carbonyl (C=O) groups excluding carboxylic acids is 1. The summed E-state index contributed by atoms with van der Waals surface area (Å²) in [5.41, 5.74) is 1.54. The highest BCUT2D eigenvalue weighted by molar-refractivity contribution is 5.90. The van der Waals surface area contributed by atoms with Crippen LogP contribution in [-0.4, -0.2) is 58.2 Å². The van der Waals surface area contributed by atoms with Gasteiger partial charge < -0.3 is 14.6 Å². The van der Waals surface area contributed by atoms with Gasteiger partial charge >= 0.3 is 6.03 Å². The highest BCUT2D eigenvalue weighted by Crippen LogP contribution is 2.23. The maximum absolute atomic E-state index is 12.7. The molecule has 2 aromatic rings. The summed E-state index contributed by atoms with van der Waals surface area (Å²) in [6, 6.07) is 7.96. The van der Waals surface area contributed by atoms with Crippen LogP contribution >= 0.6 is 0 Å². The summed E-state index contributed by atoms with van der Waals surface area (Å²) in [5, 5.41) is 10.6. The third-order valence-corrected chi connectivity index (χ3v) is 5.06. The van der Waals surface area contributed by atoms with Gasteiger partial charge in [0.1, 0.15) is 0 Å². The molecule has 1 aromatic carbocycles. The summed E-state index contributed by atoms with van der Waals surface area (Å²) in [4.78, 5) is 17.1. The Morgan fingerprint density at radius 2 is 2.08 bits per heavy atom. The highest BCUT2D eigenvalue weighted by Gasteiger charge is 2.29. The van der Waals surface area contributed by atoms with Gasteiger partial charge in [0, 0.05) is 30.4 Å². The molecule has 132 valence electrons. The number of nitrogens with one attached hydrogen (secondary N) is 1. The molecule has 3 heterocycles. The Bertz CT molecular complexity index is 712. The molecule has 25 heavy (non-hydrogen) atoms. The van der Waals surface area contributed by atoms with Crippen molar-refractivity contribution in [2.45, 2.75) is 31.7 Å². The fourth-order valence-corrected chi connectivity index (χ4v) is 3.78. The molecule has 2 fully saturated rings. The van der Waals surface area contributed by atoms with Crippen molar-refractivity contribution >= 4 is 11.7 Å². The first kappa shape index (κ1) is 16.1. The van der Waals surface area contributed by atoms with Gasteiger partial charge in [0.25, 0.3) is 0 Å². The van der Waals surface area contributed by atoms with Gasteiger partial charge in [-0.3, -0.25) is 4.90 Å². The van der Waals surface area contributed by atoms with Gasteiger partial charge in [-0.2, -0.15) is 0 Å². The van der Waals surface area contributed by atoms with Crippen LogP contribution in [0.2, 0.25) is 0 Å². The van der Waals surface area contributed by atoms with Gasteiger partial charge in [0.2, 0.25) is 12.3 Å². The molecule has 2 saturated heterocycles. The number of carbonyl (C=O) groups is 1. The molecule has 1 atom stereocenters. The number of amides is 2. The van der Waals surface area contributed by atoms with Crippen molar-refractivity contribution in [3.05, 3.63) is 30.7 Å². The lowest BCUT2D eigenvalue weighted by atomic mass is 10.0. The van der Waals surface area contributed by atoms with Gasteiger partial charge in [-0.15, -0.1) is 10.2 Å². The molecule has 0 spiro atoms. The molecule has 7 heteroatoms. The number of likely N-dealkylation sites (tertiary alicyclic amines) is 2. The van der Waals surface area contributed by atoms with E-state index in [4.69, 9.17) is 4.42 Å². The Kier molecular flexibility index (Phi) is 4.65. The summed E-state index contributed by atoms with van der Waals surface area (Å²) in [5.74, 6) is 0.447. The minimum atomic E-state index is -0.0356. The van der Waals surface area contributed by atoms with Crippen LogP contribution in [0.1, 0.15) is 25.7 Å². The third kappa shape index (κ3) is 3.66. The molecular formula is C18H23N5O2. The van der Waals surface area contributed by atoms with Crippen LogP contribution in [0, 0.1) is 0 Å². The van der Waals surface area contributed by atoms with E-state index in [0.29, 0.717) is 11.9 Å². The van der Waals surface area contributed by atoms with Gasteiger partial charge in [-0.05, 0) is 57.0 Å². The van der Waals surface area contributed by atoms with E-state index in [-0.39, 0.29) is 6.03 Å². The first-order valence-electron chi connectivity index (χ1n) is 8.96. The van der Waals surface area contributed by atoms with Crippen LogP contribution < -0.4 is 5.32 Å². The summed E-state index contributed by atoms with van der Waals surface area (Å²) in [6.07, 6.45) is 6.12. The topological polar surface area (TPSA) is 74.5 Å². The molecule has 0 bridgehead atoms. The second-order valence-corrected chi connectivity index (χ2v) is 6.74. The maximum Gasteiger partial charge on any atom is 0.321 e. The van der Waals surface area contributed by atoms with E-state index >= 15 is 0 Å². The summed E-state index contributed by atoms with van der Waals surface area (Å²) < 4.78 is 5.22. The van der Waals surface area contributed by atoms with Crippen molar-refractivity contribution in [1.82, 2.24) is 20.0 Å². The lowest BCUT2D eigenvalue weighted by Crippen LogP contribution is -2.50. The third-order valence-electron chi connectivity index (χ3n) is 5.06. The number of hydrogen-bond acceptors (Lipinski definition) is 5. The molecular weight excluding hydrogens is 318 g/mol. The van der Waals surface area contributed by atoms with Crippen LogP contribution in [0.5, 0.6) is 0 Å². The number of nitrogens with zero attached hydrogens (tertiary/aromatic N) is 4. The van der Waals surface area contributed by atoms with E-state index in [1.54, 1.807) is 0 Å². The molecule has 1 aromatic heterocycles. The van der Waals surface area contributed by atoms with E-state index in [1.165, 1.54) is 38.7 Å². The fourth-order valence-electron chi connectivity index (χ4n) is 3.78. The van der Waals surface area contributed by atoms with Gasteiger partial charge in [0.05, 0.1) is 0 Å². The summed E-state index contributed by atoms with van der Waals surface area (Å²) >= 11 is 0. The van der Waals surface area contributed by atoms with Gasteiger partial charge in [0.15, 0.2) is 0 Å². The molecule has 0 unspecified atom stereocenters. The monoisotopic (exact) mass is 341 g/mol. The number of rotatable bonds is 3. The van der Waals surface area contributed by atoms with Crippen molar-refractivity contribution in [2.75, 3.05) is 31.5 Å². The number of aromatic nitrogens is 2. The number of urea groups is 1. The first-order chi connectivity index (χ1) is 12.3. The van der Waals surface area contributed by atoms with E-state index < -0.39 is 0 Å². The lowest BCUT2D eigenvalue weighted by molar-refractivity contribution is 0.132. The summed E-state index contributed by atoms with van der Waals surface area (Å²) in [7, 11) is 0. The Hall–Kier alpha value is -2.41. The highest BCUT2D eigenvalue weighted by atomic mass is 16.4. The van der Waals surface area contributed by atoms with E-state index in [2.05, 4.69) is 20.4 Å². The Balaban J connectivity index is 1.40. The largest absolute Gasteiger partial charge is 0.423 e. The smallest absolute Gasteiger partial charge is 0.321 e.